The molecule has 0 fully saturated rings. The second-order valence-electron chi connectivity index (χ2n) is 4.99. The van der Waals surface area contributed by atoms with E-state index >= 15 is 0 Å². The molecule has 100 valence electrons. The van der Waals surface area contributed by atoms with E-state index in [1.54, 1.807) is 20.2 Å². The van der Waals surface area contributed by atoms with Crippen molar-refractivity contribution in [1.29, 1.82) is 0 Å². The Labute approximate surface area is 111 Å². The van der Waals surface area contributed by atoms with Crippen LogP contribution in [0.5, 0.6) is 0 Å². The van der Waals surface area contributed by atoms with Crippen molar-refractivity contribution in [2.45, 2.75) is 13.8 Å². The standard InChI is InChI=1S/C14H16N2O3/c1-8-5-9(2)12-10(6-8)13(18)14(19)16(12)7-11(17)15(3)4/h5-6H,7H2,1-4H3. The van der Waals surface area contributed by atoms with Crippen molar-refractivity contribution >= 4 is 23.3 Å². The molecule has 5 heteroatoms. The van der Waals surface area contributed by atoms with Gasteiger partial charge in [-0.25, -0.2) is 0 Å². The van der Waals surface area contributed by atoms with E-state index in [0.29, 0.717) is 11.3 Å². The van der Waals surface area contributed by atoms with Crippen molar-refractivity contribution in [2.24, 2.45) is 0 Å². The highest BCUT2D eigenvalue weighted by atomic mass is 16.2. The fraction of sp³-hybridized carbons (Fsp3) is 0.357. The molecule has 0 unspecified atom stereocenters. The Morgan fingerprint density at radius 2 is 1.84 bits per heavy atom. The Kier molecular flexibility index (Phi) is 3.14. The van der Waals surface area contributed by atoms with Crippen LogP contribution in [-0.4, -0.2) is 43.1 Å². The maximum absolute atomic E-state index is 12.0. The lowest BCUT2D eigenvalue weighted by Gasteiger charge is -2.20. The molecule has 0 saturated heterocycles. The van der Waals surface area contributed by atoms with E-state index in [1.807, 2.05) is 19.9 Å². The Hall–Kier alpha value is -2.17. The molecule has 1 heterocycles. The molecule has 0 bridgehead atoms. The number of anilines is 1. The molecule has 5 nitrogen and oxygen atoms in total. The molecule has 19 heavy (non-hydrogen) atoms. The van der Waals surface area contributed by atoms with Gasteiger partial charge in [0.15, 0.2) is 0 Å². The zero-order chi connectivity index (χ0) is 14.3. The van der Waals surface area contributed by atoms with E-state index in [4.69, 9.17) is 0 Å². The molecule has 1 aromatic carbocycles. The average Bonchev–Trinajstić information content (AvgIpc) is 2.54. The summed E-state index contributed by atoms with van der Waals surface area (Å²) in [6.45, 7) is 3.61. The number of hydrogen-bond donors (Lipinski definition) is 0. The molecule has 0 spiro atoms. The number of ketones is 1. The van der Waals surface area contributed by atoms with Crippen LogP contribution >= 0.6 is 0 Å². The summed E-state index contributed by atoms with van der Waals surface area (Å²) in [5, 5.41) is 0. The summed E-state index contributed by atoms with van der Waals surface area (Å²) < 4.78 is 0. The number of carbonyl (C=O) groups is 3. The molecular weight excluding hydrogens is 244 g/mol. The maximum atomic E-state index is 12.0. The fourth-order valence-corrected chi connectivity index (χ4v) is 2.26. The Morgan fingerprint density at radius 3 is 2.42 bits per heavy atom. The van der Waals surface area contributed by atoms with Crippen molar-refractivity contribution in [3.63, 3.8) is 0 Å². The first-order valence-electron chi connectivity index (χ1n) is 6.00. The third-order valence-electron chi connectivity index (χ3n) is 3.19. The molecule has 1 aliphatic heterocycles. The van der Waals surface area contributed by atoms with E-state index in [0.717, 1.165) is 11.1 Å². The highest BCUT2D eigenvalue weighted by Crippen LogP contribution is 2.33. The first-order valence-corrected chi connectivity index (χ1v) is 6.00. The van der Waals surface area contributed by atoms with Gasteiger partial charge in [0, 0.05) is 14.1 Å². The zero-order valence-corrected chi connectivity index (χ0v) is 11.5. The fourth-order valence-electron chi connectivity index (χ4n) is 2.26. The number of rotatable bonds is 2. The number of benzene rings is 1. The third-order valence-corrected chi connectivity index (χ3v) is 3.19. The summed E-state index contributed by atoms with van der Waals surface area (Å²) in [6, 6.07) is 3.60. The highest BCUT2D eigenvalue weighted by molar-refractivity contribution is 6.52. The van der Waals surface area contributed by atoms with Gasteiger partial charge in [-0.2, -0.15) is 0 Å². The number of Topliss-reactive ketones (excluding diaryl/α,β-unsaturated/α-hetero) is 1. The maximum Gasteiger partial charge on any atom is 0.299 e. The van der Waals surface area contributed by atoms with Gasteiger partial charge in [-0.3, -0.25) is 19.3 Å². The number of hydrogen-bond acceptors (Lipinski definition) is 3. The minimum atomic E-state index is -0.626. The van der Waals surface area contributed by atoms with Gasteiger partial charge in [0.05, 0.1) is 11.3 Å². The number of aryl methyl sites for hydroxylation is 2. The normalized spacial score (nSPS) is 13.8. The van der Waals surface area contributed by atoms with Crippen LogP contribution < -0.4 is 4.90 Å². The second-order valence-corrected chi connectivity index (χ2v) is 4.99. The SMILES string of the molecule is Cc1cc(C)c2c(c1)C(=O)C(=O)N2CC(=O)N(C)C. The number of fused-ring (bicyclic) bond motifs is 1. The predicted molar refractivity (Wildman–Crippen MR) is 71.3 cm³/mol. The van der Waals surface area contributed by atoms with Crippen LogP contribution in [0.3, 0.4) is 0 Å². The van der Waals surface area contributed by atoms with Crippen LogP contribution in [0, 0.1) is 13.8 Å². The van der Waals surface area contributed by atoms with Gasteiger partial charge in [0.1, 0.15) is 6.54 Å². The molecule has 0 aromatic heterocycles. The monoisotopic (exact) mass is 260 g/mol. The molecule has 2 rings (SSSR count). The van der Waals surface area contributed by atoms with E-state index in [2.05, 4.69) is 0 Å². The van der Waals surface area contributed by atoms with Crippen LogP contribution in [0.1, 0.15) is 21.5 Å². The van der Waals surface area contributed by atoms with Crippen molar-refractivity contribution in [2.75, 3.05) is 25.5 Å². The number of amides is 2. The van der Waals surface area contributed by atoms with Gasteiger partial charge in [0.2, 0.25) is 5.91 Å². The summed E-state index contributed by atoms with van der Waals surface area (Å²) >= 11 is 0. The van der Waals surface area contributed by atoms with Crippen LogP contribution in [-0.2, 0) is 9.59 Å². The van der Waals surface area contributed by atoms with E-state index < -0.39 is 11.7 Å². The van der Waals surface area contributed by atoms with Crippen molar-refractivity contribution in [3.8, 4) is 0 Å². The van der Waals surface area contributed by atoms with E-state index in [9.17, 15) is 14.4 Å². The van der Waals surface area contributed by atoms with Crippen LogP contribution in [0.4, 0.5) is 5.69 Å². The van der Waals surface area contributed by atoms with Gasteiger partial charge < -0.3 is 4.90 Å². The zero-order valence-electron chi connectivity index (χ0n) is 11.5. The van der Waals surface area contributed by atoms with Gasteiger partial charge >= 0.3 is 0 Å². The molecule has 2 amide bonds. The molecule has 1 aromatic rings. The lowest BCUT2D eigenvalue weighted by molar-refractivity contribution is -0.128. The molecule has 0 radical (unpaired) electrons. The average molecular weight is 260 g/mol. The Balaban J connectivity index is 2.47. The lowest BCUT2D eigenvalue weighted by atomic mass is 10.0. The predicted octanol–water partition coefficient (Wildman–Crippen LogP) is 0.921. The smallest absolute Gasteiger partial charge is 0.299 e. The van der Waals surface area contributed by atoms with Gasteiger partial charge in [0.25, 0.3) is 11.7 Å². The molecule has 0 atom stereocenters. The third kappa shape index (κ3) is 2.12. The Morgan fingerprint density at radius 1 is 1.21 bits per heavy atom. The largest absolute Gasteiger partial charge is 0.347 e. The molecular formula is C14H16N2O3. The summed E-state index contributed by atoms with van der Waals surface area (Å²) in [7, 11) is 3.24. The number of nitrogens with zero attached hydrogens (tertiary/aromatic N) is 2. The summed E-state index contributed by atoms with van der Waals surface area (Å²) in [5.41, 5.74) is 2.73. The molecule has 0 aliphatic carbocycles. The topological polar surface area (TPSA) is 57.7 Å². The minimum absolute atomic E-state index is 0.103. The van der Waals surface area contributed by atoms with E-state index in [-0.39, 0.29) is 12.5 Å². The Bertz CT molecular complexity index is 591. The number of carbonyl (C=O) groups excluding carboxylic acids is 3. The second kappa shape index (κ2) is 4.50. The first-order chi connectivity index (χ1) is 8.82. The highest BCUT2D eigenvalue weighted by Gasteiger charge is 2.38. The van der Waals surface area contributed by atoms with Crippen LogP contribution in [0.15, 0.2) is 12.1 Å². The van der Waals surface area contributed by atoms with Crippen LogP contribution in [0.2, 0.25) is 0 Å². The van der Waals surface area contributed by atoms with Crippen molar-refractivity contribution in [3.05, 3.63) is 28.8 Å². The summed E-state index contributed by atoms with van der Waals surface area (Å²) in [5.74, 6) is -1.37. The van der Waals surface area contributed by atoms with Crippen molar-refractivity contribution < 1.29 is 14.4 Å². The lowest BCUT2D eigenvalue weighted by Crippen LogP contribution is -2.39. The quantitative estimate of drug-likeness (QED) is 0.743. The molecule has 0 saturated carbocycles. The number of likely N-dealkylation sites (N-methyl/N-ethyl adjacent to an activating group) is 1. The minimum Gasteiger partial charge on any atom is -0.347 e. The van der Waals surface area contributed by atoms with Gasteiger partial charge in [-0.05, 0) is 31.0 Å². The van der Waals surface area contributed by atoms with E-state index in [1.165, 1.54) is 9.80 Å². The van der Waals surface area contributed by atoms with Crippen LogP contribution in [0.25, 0.3) is 0 Å². The van der Waals surface area contributed by atoms with Gasteiger partial charge in [-0.1, -0.05) is 6.07 Å². The molecule has 0 N–H and O–H groups in total. The van der Waals surface area contributed by atoms with Gasteiger partial charge in [-0.15, -0.1) is 0 Å². The first kappa shape index (κ1) is 13.3. The molecule has 1 aliphatic rings. The van der Waals surface area contributed by atoms with Crippen molar-refractivity contribution in [1.82, 2.24) is 4.90 Å². The summed E-state index contributed by atoms with van der Waals surface area (Å²) in [4.78, 5) is 38.4. The summed E-state index contributed by atoms with van der Waals surface area (Å²) in [6.07, 6.45) is 0.